The molecule has 6 heteroatoms. The Morgan fingerprint density at radius 3 is 2.06 bits per heavy atom. The van der Waals surface area contributed by atoms with Gasteiger partial charge >= 0.3 is 0 Å². The quantitative estimate of drug-likeness (QED) is 0.322. The number of thiazole rings is 1. The lowest BCUT2D eigenvalue weighted by Crippen LogP contribution is -2.30. The lowest BCUT2D eigenvalue weighted by Gasteiger charge is -2.23. The summed E-state index contributed by atoms with van der Waals surface area (Å²) in [7, 11) is 0. The van der Waals surface area contributed by atoms with E-state index in [4.69, 9.17) is 0 Å². The van der Waals surface area contributed by atoms with Gasteiger partial charge in [0.15, 0.2) is 4.96 Å². The van der Waals surface area contributed by atoms with Crippen LogP contribution in [0.5, 0.6) is 0 Å². The number of rotatable bonds is 6. The van der Waals surface area contributed by atoms with E-state index >= 15 is 0 Å². The summed E-state index contributed by atoms with van der Waals surface area (Å²) in [6.45, 7) is 1.01. The predicted molar refractivity (Wildman–Crippen MR) is 125 cm³/mol. The summed E-state index contributed by atoms with van der Waals surface area (Å²) < 4.78 is 15.1. The van der Waals surface area contributed by atoms with Gasteiger partial charge in [0.25, 0.3) is 5.91 Å². The van der Waals surface area contributed by atoms with E-state index in [1.54, 1.807) is 12.1 Å². The van der Waals surface area contributed by atoms with E-state index in [2.05, 4.69) is 4.98 Å². The lowest BCUT2D eigenvalue weighted by molar-refractivity contribution is 0.0723. The van der Waals surface area contributed by atoms with Crippen molar-refractivity contribution in [1.29, 1.82) is 0 Å². The van der Waals surface area contributed by atoms with Gasteiger partial charge < -0.3 is 4.90 Å². The summed E-state index contributed by atoms with van der Waals surface area (Å²) in [5.74, 6) is -0.352. The van der Waals surface area contributed by atoms with E-state index in [1.807, 2.05) is 81.5 Å². The highest BCUT2D eigenvalue weighted by Gasteiger charge is 2.22. The normalized spacial score (nSPS) is 11.0. The molecule has 2 aromatic heterocycles. The summed E-state index contributed by atoms with van der Waals surface area (Å²) >= 11 is 1.42. The van der Waals surface area contributed by atoms with Gasteiger partial charge in [-0.05, 0) is 35.4 Å². The number of carbonyl (C=O) groups is 1. The molecule has 32 heavy (non-hydrogen) atoms. The Hall–Kier alpha value is -3.77. The van der Waals surface area contributed by atoms with Crippen LogP contribution in [-0.4, -0.2) is 20.2 Å². The average Bonchev–Trinajstić information content (AvgIpc) is 3.41. The Labute approximate surface area is 189 Å². The number of halogens is 1. The largest absolute Gasteiger partial charge is 0.329 e. The summed E-state index contributed by atoms with van der Waals surface area (Å²) in [6.07, 6.45) is 1.84. The number of fused-ring (bicyclic) bond motifs is 1. The number of hydrogen-bond acceptors (Lipinski definition) is 3. The van der Waals surface area contributed by atoms with Gasteiger partial charge in [0, 0.05) is 30.2 Å². The van der Waals surface area contributed by atoms with E-state index in [1.165, 1.54) is 23.5 Å². The highest BCUT2D eigenvalue weighted by Crippen LogP contribution is 2.25. The standard InChI is InChI=1S/C26H20FN3OS/c27-22-13-11-21(12-14-22)23-17-30-24(18-32-26(30)28-23)25(31)29(15-19-7-3-1-4-8-19)16-20-9-5-2-6-10-20/h1-14,17-18H,15-16H2. The molecule has 0 saturated heterocycles. The second kappa shape index (κ2) is 8.77. The average molecular weight is 442 g/mol. The molecule has 5 rings (SSSR count). The molecule has 0 aliphatic heterocycles. The number of hydrogen-bond donors (Lipinski definition) is 0. The van der Waals surface area contributed by atoms with Crippen molar-refractivity contribution in [3.63, 3.8) is 0 Å². The monoisotopic (exact) mass is 441 g/mol. The molecular weight excluding hydrogens is 421 g/mol. The number of aromatic nitrogens is 2. The third kappa shape index (κ3) is 4.18. The minimum atomic E-state index is -0.289. The van der Waals surface area contributed by atoms with E-state index < -0.39 is 0 Å². The molecule has 4 nitrogen and oxygen atoms in total. The molecule has 0 radical (unpaired) electrons. The van der Waals surface area contributed by atoms with Crippen LogP contribution in [0, 0.1) is 5.82 Å². The van der Waals surface area contributed by atoms with Gasteiger partial charge in [-0.1, -0.05) is 60.7 Å². The number of benzene rings is 3. The highest BCUT2D eigenvalue weighted by atomic mass is 32.1. The number of nitrogens with zero attached hydrogens (tertiary/aromatic N) is 3. The Morgan fingerprint density at radius 1 is 0.875 bits per heavy atom. The fourth-order valence-corrected chi connectivity index (χ4v) is 4.51. The van der Waals surface area contributed by atoms with E-state index in [0.717, 1.165) is 21.7 Å². The number of amides is 1. The van der Waals surface area contributed by atoms with Gasteiger partial charge in [-0.2, -0.15) is 0 Å². The molecule has 0 N–H and O–H groups in total. The fraction of sp³-hybridized carbons (Fsp3) is 0.0769. The first-order chi connectivity index (χ1) is 15.7. The van der Waals surface area contributed by atoms with Gasteiger partial charge in [0.05, 0.1) is 5.69 Å². The van der Waals surface area contributed by atoms with Gasteiger partial charge in [0.2, 0.25) is 0 Å². The van der Waals surface area contributed by atoms with E-state index in [9.17, 15) is 9.18 Å². The molecule has 0 aliphatic rings. The highest BCUT2D eigenvalue weighted by molar-refractivity contribution is 7.15. The van der Waals surface area contributed by atoms with Crippen molar-refractivity contribution in [3.05, 3.63) is 119 Å². The molecule has 158 valence electrons. The molecule has 0 unspecified atom stereocenters. The molecule has 0 fully saturated rings. The minimum absolute atomic E-state index is 0.0630. The van der Waals surface area contributed by atoms with Crippen LogP contribution in [0.2, 0.25) is 0 Å². The first-order valence-corrected chi connectivity index (χ1v) is 11.1. The van der Waals surface area contributed by atoms with Crippen LogP contribution in [0.4, 0.5) is 4.39 Å². The molecule has 0 aliphatic carbocycles. The van der Waals surface area contributed by atoms with Gasteiger partial charge in [-0.15, -0.1) is 11.3 Å². The second-order valence-electron chi connectivity index (χ2n) is 7.54. The zero-order chi connectivity index (χ0) is 21.9. The topological polar surface area (TPSA) is 37.6 Å². The van der Waals surface area contributed by atoms with Crippen LogP contribution < -0.4 is 0 Å². The summed E-state index contributed by atoms with van der Waals surface area (Å²) in [4.78, 5) is 20.9. The predicted octanol–water partition coefficient (Wildman–Crippen LogP) is 6.04. The smallest absolute Gasteiger partial charge is 0.272 e. The maximum Gasteiger partial charge on any atom is 0.272 e. The maximum absolute atomic E-state index is 13.7. The van der Waals surface area contributed by atoms with Crippen molar-refractivity contribution in [2.45, 2.75) is 13.1 Å². The van der Waals surface area contributed by atoms with Crippen LogP contribution in [0.25, 0.3) is 16.2 Å². The molecule has 1 amide bonds. The molecule has 0 spiro atoms. The van der Waals surface area contributed by atoms with Crippen LogP contribution in [0.3, 0.4) is 0 Å². The van der Waals surface area contributed by atoms with Crippen molar-refractivity contribution in [3.8, 4) is 11.3 Å². The van der Waals surface area contributed by atoms with Gasteiger partial charge in [-0.25, -0.2) is 9.37 Å². The first-order valence-electron chi connectivity index (χ1n) is 10.3. The van der Waals surface area contributed by atoms with Crippen LogP contribution in [-0.2, 0) is 13.1 Å². The van der Waals surface area contributed by atoms with E-state index in [-0.39, 0.29) is 11.7 Å². The maximum atomic E-state index is 13.7. The Kier molecular flexibility index (Phi) is 5.52. The third-order valence-corrected chi connectivity index (χ3v) is 6.13. The lowest BCUT2D eigenvalue weighted by atomic mass is 10.1. The molecule has 0 bridgehead atoms. The third-order valence-electron chi connectivity index (χ3n) is 5.29. The Morgan fingerprint density at radius 2 is 1.47 bits per heavy atom. The molecule has 0 atom stereocenters. The van der Waals surface area contributed by atoms with Crippen LogP contribution in [0.15, 0.2) is 96.5 Å². The Balaban J connectivity index is 1.48. The van der Waals surface area contributed by atoms with Crippen molar-refractivity contribution in [2.75, 3.05) is 0 Å². The molecule has 5 aromatic rings. The second-order valence-corrected chi connectivity index (χ2v) is 8.38. The fourth-order valence-electron chi connectivity index (χ4n) is 3.67. The SMILES string of the molecule is O=C(c1csc2nc(-c3ccc(F)cc3)cn12)N(Cc1ccccc1)Cc1ccccc1. The van der Waals surface area contributed by atoms with Gasteiger partial charge in [0.1, 0.15) is 11.5 Å². The molecule has 0 saturated carbocycles. The van der Waals surface area contributed by atoms with Crippen LogP contribution in [0.1, 0.15) is 21.6 Å². The summed E-state index contributed by atoms with van der Waals surface area (Å²) in [5.41, 5.74) is 4.23. The molecule has 2 heterocycles. The summed E-state index contributed by atoms with van der Waals surface area (Å²) in [6, 6.07) is 26.2. The van der Waals surface area contributed by atoms with Crippen molar-refractivity contribution in [2.24, 2.45) is 0 Å². The van der Waals surface area contributed by atoms with Crippen molar-refractivity contribution >= 4 is 22.2 Å². The van der Waals surface area contributed by atoms with Crippen molar-refractivity contribution < 1.29 is 9.18 Å². The van der Waals surface area contributed by atoms with Crippen LogP contribution >= 0.6 is 11.3 Å². The molecule has 3 aromatic carbocycles. The molecular formula is C26H20FN3OS. The van der Waals surface area contributed by atoms with Gasteiger partial charge in [-0.3, -0.25) is 9.20 Å². The van der Waals surface area contributed by atoms with Crippen molar-refractivity contribution in [1.82, 2.24) is 14.3 Å². The number of imidazole rings is 1. The number of carbonyl (C=O) groups excluding carboxylic acids is 1. The van der Waals surface area contributed by atoms with E-state index in [0.29, 0.717) is 24.5 Å². The summed E-state index contributed by atoms with van der Waals surface area (Å²) in [5, 5.41) is 1.85. The minimum Gasteiger partial charge on any atom is -0.329 e. The first kappa shape index (κ1) is 20.2. The Bertz CT molecular complexity index is 1300. The zero-order valence-electron chi connectivity index (χ0n) is 17.2. The zero-order valence-corrected chi connectivity index (χ0v) is 18.0.